The van der Waals surface area contributed by atoms with Crippen LogP contribution >= 0.6 is 0 Å². The first-order valence-corrected chi connectivity index (χ1v) is 12.5. The number of phenolic OH excluding ortho intramolecular Hbond substituents is 1. The second kappa shape index (κ2) is 20.8. The van der Waals surface area contributed by atoms with Crippen molar-refractivity contribution in [3.63, 3.8) is 0 Å². The third-order valence-corrected chi connectivity index (χ3v) is 5.14. The van der Waals surface area contributed by atoms with E-state index in [0.29, 0.717) is 12.0 Å². The highest BCUT2D eigenvalue weighted by molar-refractivity contribution is 5.89. The zero-order valence-electron chi connectivity index (χ0n) is 20.9. The van der Waals surface area contributed by atoms with Crippen LogP contribution < -0.4 is 0 Å². The van der Waals surface area contributed by atoms with Gasteiger partial charge in [-0.05, 0) is 44.5 Å². The topological polar surface area (TPSA) is 72.8 Å². The van der Waals surface area contributed by atoms with Gasteiger partial charge in [0.25, 0.3) is 0 Å². The van der Waals surface area contributed by atoms with Crippen LogP contribution in [0.4, 0.5) is 0 Å². The molecule has 0 bridgehead atoms. The Morgan fingerprint density at radius 1 is 0.781 bits per heavy atom. The lowest BCUT2D eigenvalue weighted by molar-refractivity contribution is -0.147. The van der Waals surface area contributed by atoms with Gasteiger partial charge in [-0.25, -0.2) is 4.79 Å². The van der Waals surface area contributed by atoms with Gasteiger partial charge in [-0.2, -0.15) is 0 Å². The summed E-state index contributed by atoms with van der Waals surface area (Å²) in [5.41, 5.74) is 0.435. The van der Waals surface area contributed by atoms with Gasteiger partial charge in [0.1, 0.15) is 5.75 Å². The van der Waals surface area contributed by atoms with E-state index in [-0.39, 0.29) is 17.8 Å². The Morgan fingerprint density at radius 3 is 1.62 bits per heavy atom. The van der Waals surface area contributed by atoms with Crippen LogP contribution in [-0.2, 0) is 14.3 Å². The number of unbranched alkanes of at least 4 members (excludes halogenated alkanes) is 12. The number of carbonyl (C=O) groups excluding carboxylic acids is 2. The molecule has 1 rings (SSSR count). The summed E-state index contributed by atoms with van der Waals surface area (Å²) in [5.74, 6) is -0.296. The maximum atomic E-state index is 11.3. The van der Waals surface area contributed by atoms with Gasteiger partial charge in [0, 0.05) is 6.42 Å². The highest BCUT2D eigenvalue weighted by Gasteiger charge is 2.04. The molecule has 1 aromatic rings. The second-order valence-corrected chi connectivity index (χ2v) is 8.57. The monoisotopic (exact) mass is 450 g/mol. The summed E-state index contributed by atoms with van der Waals surface area (Å²) in [6, 6.07) is 5.88. The van der Waals surface area contributed by atoms with Crippen molar-refractivity contribution in [2.75, 3.05) is 7.11 Å². The van der Waals surface area contributed by atoms with E-state index < -0.39 is 5.97 Å². The summed E-state index contributed by atoms with van der Waals surface area (Å²) in [4.78, 5) is 22.2. The minimum Gasteiger partial charge on any atom is -0.508 e. The number of hydrogen-bond donors (Lipinski definition) is 1. The predicted octanol–water partition coefficient (Wildman–Crippen LogP) is 7.60. The number of benzene rings is 1. The molecule has 0 atom stereocenters. The quantitative estimate of drug-likeness (QED) is 0.207. The van der Waals surface area contributed by atoms with Crippen LogP contribution in [0.15, 0.2) is 24.3 Å². The minimum atomic E-state index is -0.398. The van der Waals surface area contributed by atoms with Crippen LogP contribution in [0.1, 0.15) is 121 Å². The number of rotatable bonds is 16. The summed E-state index contributed by atoms with van der Waals surface area (Å²) in [6.45, 7) is 6.08. The summed E-state index contributed by atoms with van der Waals surface area (Å²) < 4.78 is 9.57. The Balaban J connectivity index is 0.000000726. The van der Waals surface area contributed by atoms with Gasteiger partial charge in [0.15, 0.2) is 0 Å². The van der Waals surface area contributed by atoms with E-state index >= 15 is 0 Å². The average Bonchev–Trinajstić information content (AvgIpc) is 2.77. The van der Waals surface area contributed by atoms with Crippen LogP contribution in [0, 0.1) is 0 Å². The number of hydrogen-bond acceptors (Lipinski definition) is 5. The van der Waals surface area contributed by atoms with Crippen molar-refractivity contribution in [1.82, 2.24) is 0 Å². The van der Waals surface area contributed by atoms with Crippen molar-refractivity contribution in [2.24, 2.45) is 0 Å². The number of methoxy groups -OCH3 is 1. The summed E-state index contributed by atoms with van der Waals surface area (Å²) in [6.07, 6.45) is 18.0. The Morgan fingerprint density at radius 2 is 1.22 bits per heavy atom. The molecule has 0 aliphatic heterocycles. The first-order chi connectivity index (χ1) is 15.4. The molecular formula is C27H46O5. The SMILES string of the molecule is CCCCCCCCCCCCCCCC(=O)OC(C)C.COC(=O)c1ccc(O)cc1. The van der Waals surface area contributed by atoms with E-state index in [2.05, 4.69) is 11.7 Å². The molecule has 0 aromatic heterocycles. The van der Waals surface area contributed by atoms with Crippen LogP contribution in [0.3, 0.4) is 0 Å². The smallest absolute Gasteiger partial charge is 0.337 e. The lowest BCUT2D eigenvalue weighted by Crippen LogP contribution is -2.10. The molecule has 184 valence electrons. The van der Waals surface area contributed by atoms with E-state index in [0.717, 1.165) is 6.42 Å². The number of esters is 2. The van der Waals surface area contributed by atoms with E-state index in [4.69, 9.17) is 9.84 Å². The normalized spacial score (nSPS) is 10.4. The first kappa shape index (κ1) is 30.0. The molecule has 5 heteroatoms. The zero-order chi connectivity index (χ0) is 24.0. The van der Waals surface area contributed by atoms with Gasteiger partial charge in [-0.3, -0.25) is 4.79 Å². The molecule has 1 aromatic carbocycles. The van der Waals surface area contributed by atoms with Gasteiger partial charge in [0.05, 0.1) is 18.8 Å². The second-order valence-electron chi connectivity index (χ2n) is 8.57. The number of ether oxygens (including phenoxy) is 2. The fourth-order valence-corrected chi connectivity index (χ4v) is 3.32. The number of phenols is 1. The Bertz CT molecular complexity index is 580. The molecule has 0 aliphatic rings. The third-order valence-electron chi connectivity index (χ3n) is 5.14. The van der Waals surface area contributed by atoms with Crippen molar-refractivity contribution in [2.45, 2.75) is 117 Å². The minimum absolute atomic E-state index is 0.0273. The van der Waals surface area contributed by atoms with E-state index in [1.54, 1.807) is 0 Å². The Labute approximate surface area is 195 Å². The van der Waals surface area contributed by atoms with Gasteiger partial charge >= 0.3 is 11.9 Å². The van der Waals surface area contributed by atoms with Crippen molar-refractivity contribution in [3.05, 3.63) is 29.8 Å². The molecular weight excluding hydrogens is 404 g/mol. The predicted molar refractivity (Wildman–Crippen MR) is 131 cm³/mol. The highest BCUT2D eigenvalue weighted by atomic mass is 16.5. The van der Waals surface area contributed by atoms with Gasteiger partial charge in [0.2, 0.25) is 0 Å². The Kier molecular flexibility index (Phi) is 19.5. The maximum Gasteiger partial charge on any atom is 0.337 e. The number of aromatic hydroxyl groups is 1. The molecule has 0 amide bonds. The van der Waals surface area contributed by atoms with E-state index in [1.807, 2.05) is 13.8 Å². The largest absolute Gasteiger partial charge is 0.508 e. The molecule has 0 aliphatic carbocycles. The molecule has 1 N–H and O–H groups in total. The number of carbonyl (C=O) groups is 2. The van der Waals surface area contributed by atoms with E-state index in [1.165, 1.54) is 108 Å². The summed E-state index contributed by atoms with van der Waals surface area (Å²) >= 11 is 0. The fraction of sp³-hybridized carbons (Fsp3) is 0.704. The molecule has 0 heterocycles. The van der Waals surface area contributed by atoms with Crippen LogP contribution in [0.25, 0.3) is 0 Å². The molecule has 0 spiro atoms. The lowest BCUT2D eigenvalue weighted by atomic mass is 10.0. The van der Waals surface area contributed by atoms with Crippen LogP contribution in [0.2, 0.25) is 0 Å². The first-order valence-electron chi connectivity index (χ1n) is 12.5. The van der Waals surface area contributed by atoms with Crippen LogP contribution in [0.5, 0.6) is 5.75 Å². The van der Waals surface area contributed by atoms with Crippen molar-refractivity contribution >= 4 is 11.9 Å². The maximum absolute atomic E-state index is 11.3. The molecule has 0 saturated carbocycles. The van der Waals surface area contributed by atoms with Gasteiger partial charge in [-0.15, -0.1) is 0 Å². The standard InChI is InChI=1S/C19H38O2.C8H8O3/c1-4-5-6-7-8-9-10-11-12-13-14-15-16-17-19(20)21-18(2)3;1-11-8(10)6-2-4-7(9)5-3-6/h18H,4-17H2,1-3H3;2-5,9H,1H3. The fourth-order valence-electron chi connectivity index (χ4n) is 3.32. The van der Waals surface area contributed by atoms with Crippen molar-refractivity contribution < 1.29 is 24.2 Å². The lowest BCUT2D eigenvalue weighted by Gasteiger charge is -2.07. The van der Waals surface area contributed by atoms with Gasteiger partial charge in [-0.1, -0.05) is 84.0 Å². The molecule has 5 nitrogen and oxygen atoms in total. The molecule has 0 unspecified atom stereocenters. The van der Waals surface area contributed by atoms with E-state index in [9.17, 15) is 9.59 Å². The molecule has 0 saturated heterocycles. The third kappa shape index (κ3) is 18.7. The van der Waals surface area contributed by atoms with Crippen LogP contribution in [-0.4, -0.2) is 30.3 Å². The molecule has 0 fully saturated rings. The van der Waals surface area contributed by atoms with Crippen molar-refractivity contribution in [1.29, 1.82) is 0 Å². The average molecular weight is 451 g/mol. The zero-order valence-corrected chi connectivity index (χ0v) is 20.9. The molecule has 32 heavy (non-hydrogen) atoms. The van der Waals surface area contributed by atoms with Gasteiger partial charge < -0.3 is 14.6 Å². The summed E-state index contributed by atoms with van der Waals surface area (Å²) in [7, 11) is 1.31. The highest BCUT2D eigenvalue weighted by Crippen LogP contribution is 2.13. The van der Waals surface area contributed by atoms with Crippen molar-refractivity contribution in [3.8, 4) is 5.75 Å². The summed E-state index contributed by atoms with van der Waals surface area (Å²) in [5, 5.41) is 8.86. The Hall–Kier alpha value is -2.04. The molecule has 0 radical (unpaired) electrons.